The van der Waals surface area contributed by atoms with Gasteiger partial charge in [0.1, 0.15) is 5.82 Å². The fourth-order valence-corrected chi connectivity index (χ4v) is 2.61. The second-order valence-corrected chi connectivity index (χ2v) is 6.42. The molecular weight excluding hydrogens is 256 g/mol. The van der Waals surface area contributed by atoms with Crippen molar-refractivity contribution in [2.24, 2.45) is 7.05 Å². The van der Waals surface area contributed by atoms with Crippen LogP contribution in [0.4, 0.5) is 4.39 Å². The van der Waals surface area contributed by atoms with E-state index < -0.39 is 18.3 Å². The maximum atomic E-state index is 13.9. The molecule has 3 nitrogen and oxygen atoms in total. The van der Waals surface area contributed by atoms with Gasteiger partial charge in [0.25, 0.3) is 0 Å². The fraction of sp³-hybridized carbons (Fsp3) is 0.467. The van der Waals surface area contributed by atoms with Crippen LogP contribution in [0, 0.1) is 5.82 Å². The van der Waals surface area contributed by atoms with Crippen molar-refractivity contribution in [2.75, 3.05) is 0 Å². The van der Waals surface area contributed by atoms with Crippen molar-refractivity contribution in [3.63, 3.8) is 0 Å². The summed E-state index contributed by atoms with van der Waals surface area (Å²) in [5.41, 5.74) is 0.665. The highest BCUT2D eigenvalue weighted by Crippen LogP contribution is 2.37. The summed E-state index contributed by atoms with van der Waals surface area (Å²) in [7, 11) is 1.37. The molecule has 0 unspecified atom stereocenters. The first-order chi connectivity index (χ1) is 9.23. The van der Waals surface area contributed by atoms with E-state index in [0.29, 0.717) is 5.52 Å². The molecule has 1 aliphatic rings. The lowest BCUT2D eigenvalue weighted by Gasteiger charge is -2.32. The van der Waals surface area contributed by atoms with E-state index >= 15 is 0 Å². The van der Waals surface area contributed by atoms with Crippen molar-refractivity contribution in [1.29, 1.82) is 0 Å². The molecule has 0 spiro atoms. The van der Waals surface area contributed by atoms with Gasteiger partial charge in [-0.25, -0.2) is 4.39 Å². The van der Waals surface area contributed by atoms with Gasteiger partial charge in [0.05, 0.1) is 16.7 Å². The normalized spacial score (nSPS) is 20.8. The van der Waals surface area contributed by atoms with E-state index in [2.05, 4.69) is 0 Å². The van der Waals surface area contributed by atoms with Gasteiger partial charge in [-0.1, -0.05) is 12.1 Å². The lowest BCUT2D eigenvalue weighted by Crippen LogP contribution is -2.41. The van der Waals surface area contributed by atoms with Gasteiger partial charge in [0.2, 0.25) is 0 Å². The van der Waals surface area contributed by atoms with E-state index in [0.717, 1.165) is 10.8 Å². The summed E-state index contributed by atoms with van der Waals surface area (Å²) in [5.74, 6) is -0.229. The summed E-state index contributed by atoms with van der Waals surface area (Å²) in [6.07, 6.45) is 1.88. The zero-order valence-corrected chi connectivity index (χ0v) is 12.5. The Kier molecular flexibility index (Phi) is 2.79. The Balaban J connectivity index is 2.12. The van der Waals surface area contributed by atoms with Crippen LogP contribution in [0.25, 0.3) is 10.9 Å². The predicted molar refractivity (Wildman–Crippen MR) is 78.6 cm³/mol. The van der Waals surface area contributed by atoms with E-state index in [1.165, 1.54) is 6.07 Å². The predicted octanol–water partition coefficient (Wildman–Crippen LogP) is 2.62. The molecular formula is C15H19BFNO2. The minimum Gasteiger partial charge on any atom is -0.399 e. The number of aryl methyl sites for hydroxylation is 1. The fourth-order valence-electron chi connectivity index (χ4n) is 2.61. The molecule has 106 valence electrons. The van der Waals surface area contributed by atoms with E-state index in [4.69, 9.17) is 9.31 Å². The summed E-state index contributed by atoms with van der Waals surface area (Å²) in [5, 5.41) is 0.839. The molecule has 5 heteroatoms. The highest BCUT2D eigenvalue weighted by molar-refractivity contribution is 6.65. The SMILES string of the molecule is Cn1cc(B2OC(C)(C)C(C)(C)O2)c2cccc(F)c21. The van der Waals surface area contributed by atoms with Gasteiger partial charge in [0.15, 0.2) is 0 Å². The largest absolute Gasteiger partial charge is 0.497 e. The molecule has 0 aliphatic carbocycles. The standard InChI is InChI=1S/C15H19BFNO2/c1-14(2)15(3,4)20-16(19-14)11-9-18(5)13-10(11)7-6-8-12(13)17/h6-9H,1-5H3. The second kappa shape index (κ2) is 4.09. The van der Waals surface area contributed by atoms with Crippen molar-refractivity contribution in [1.82, 2.24) is 4.57 Å². The number of hydrogen-bond donors (Lipinski definition) is 0. The molecule has 0 atom stereocenters. The number of para-hydroxylation sites is 1. The zero-order valence-electron chi connectivity index (χ0n) is 12.5. The maximum Gasteiger partial charge on any atom is 0.497 e. The van der Waals surface area contributed by atoms with Crippen molar-refractivity contribution in [3.8, 4) is 0 Å². The maximum absolute atomic E-state index is 13.9. The van der Waals surface area contributed by atoms with Crippen LogP contribution in [0.1, 0.15) is 27.7 Å². The Labute approximate surface area is 118 Å². The summed E-state index contributed by atoms with van der Waals surface area (Å²) in [6.45, 7) is 8.05. The van der Waals surface area contributed by atoms with E-state index in [9.17, 15) is 4.39 Å². The molecule has 1 aromatic carbocycles. The van der Waals surface area contributed by atoms with Crippen molar-refractivity contribution >= 4 is 23.5 Å². The smallest absolute Gasteiger partial charge is 0.399 e. The number of hydrogen-bond acceptors (Lipinski definition) is 2. The summed E-state index contributed by atoms with van der Waals surface area (Å²) >= 11 is 0. The number of fused-ring (bicyclic) bond motifs is 1. The average molecular weight is 275 g/mol. The van der Waals surface area contributed by atoms with Crippen LogP contribution in [0.5, 0.6) is 0 Å². The minimum atomic E-state index is -0.467. The first-order valence-corrected chi connectivity index (χ1v) is 6.82. The molecule has 0 N–H and O–H groups in total. The molecule has 1 aromatic heterocycles. The average Bonchev–Trinajstić information content (AvgIpc) is 2.76. The van der Waals surface area contributed by atoms with Crippen molar-refractivity contribution in [2.45, 2.75) is 38.9 Å². The number of nitrogens with zero attached hydrogens (tertiary/aromatic N) is 1. The van der Waals surface area contributed by atoms with Gasteiger partial charge < -0.3 is 13.9 Å². The number of benzene rings is 1. The quantitative estimate of drug-likeness (QED) is 0.747. The van der Waals surface area contributed by atoms with Crippen molar-refractivity contribution in [3.05, 3.63) is 30.2 Å². The molecule has 1 fully saturated rings. The van der Waals surface area contributed by atoms with Gasteiger partial charge in [-0.15, -0.1) is 0 Å². The minimum absolute atomic E-state index is 0.229. The third-order valence-electron chi connectivity index (χ3n) is 4.49. The van der Waals surface area contributed by atoms with Gasteiger partial charge in [-0.05, 0) is 33.8 Å². The van der Waals surface area contributed by atoms with Crippen LogP contribution in [-0.2, 0) is 16.4 Å². The van der Waals surface area contributed by atoms with Crippen LogP contribution in [-0.4, -0.2) is 22.9 Å². The molecule has 0 radical (unpaired) electrons. The zero-order chi connectivity index (χ0) is 14.7. The van der Waals surface area contributed by atoms with E-state index in [-0.39, 0.29) is 5.82 Å². The van der Waals surface area contributed by atoms with Crippen LogP contribution >= 0.6 is 0 Å². The van der Waals surface area contributed by atoms with Gasteiger partial charge in [-0.3, -0.25) is 0 Å². The summed E-state index contributed by atoms with van der Waals surface area (Å²) in [6, 6.07) is 5.08. The Morgan fingerprint density at radius 3 is 2.30 bits per heavy atom. The number of rotatable bonds is 1. The molecule has 0 amide bonds. The Hall–Kier alpha value is -1.33. The van der Waals surface area contributed by atoms with Crippen LogP contribution in [0.15, 0.2) is 24.4 Å². The van der Waals surface area contributed by atoms with E-state index in [1.807, 2.05) is 47.0 Å². The lowest BCUT2D eigenvalue weighted by atomic mass is 9.79. The summed E-state index contributed by atoms with van der Waals surface area (Å²) in [4.78, 5) is 0. The van der Waals surface area contributed by atoms with Gasteiger partial charge >= 0.3 is 7.12 Å². The van der Waals surface area contributed by atoms with Gasteiger partial charge in [0, 0.05) is 24.1 Å². The molecule has 20 heavy (non-hydrogen) atoms. The number of aromatic nitrogens is 1. The van der Waals surface area contributed by atoms with Crippen molar-refractivity contribution < 1.29 is 13.7 Å². The van der Waals surface area contributed by atoms with Crippen LogP contribution in [0.2, 0.25) is 0 Å². The Bertz CT molecular complexity index is 662. The monoisotopic (exact) mass is 275 g/mol. The van der Waals surface area contributed by atoms with Crippen LogP contribution in [0.3, 0.4) is 0 Å². The van der Waals surface area contributed by atoms with Crippen LogP contribution < -0.4 is 5.46 Å². The highest BCUT2D eigenvalue weighted by atomic mass is 19.1. The van der Waals surface area contributed by atoms with Gasteiger partial charge in [-0.2, -0.15) is 0 Å². The highest BCUT2D eigenvalue weighted by Gasteiger charge is 2.52. The number of halogens is 1. The molecule has 3 rings (SSSR count). The third kappa shape index (κ3) is 1.80. The molecule has 2 aromatic rings. The van der Waals surface area contributed by atoms with E-state index in [1.54, 1.807) is 10.6 Å². The molecule has 1 saturated heterocycles. The molecule has 0 saturated carbocycles. The second-order valence-electron chi connectivity index (χ2n) is 6.42. The topological polar surface area (TPSA) is 23.4 Å². The first kappa shape index (κ1) is 13.6. The molecule has 1 aliphatic heterocycles. The summed E-state index contributed by atoms with van der Waals surface area (Å²) < 4.78 is 27.8. The molecule has 2 heterocycles. The Morgan fingerprint density at radius 2 is 1.70 bits per heavy atom. The first-order valence-electron chi connectivity index (χ1n) is 6.82. The molecule has 0 bridgehead atoms. The third-order valence-corrected chi connectivity index (χ3v) is 4.49. The Morgan fingerprint density at radius 1 is 1.10 bits per heavy atom. The lowest BCUT2D eigenvalue weighted by molar-refractivity contribution is 0.00578.